The minimum Gasteiger partial charge on any atom is -0.342 e. The first-order valence-electron chi connectivity index (χ1n) is 9.29. The fourth-order valence-electron chi connectivity index (χ4n) is 3.90. The molecule has 0 spiro atoms. The molecule has 3 rings (SSSR count). The lowest BCUT2D eigenvalue weighted by Gasteiger charge is -2.34. The van der Waals surface area contributed by atoms with Crippen molar-refractivity contribution in [2.45, 2.75) is 52.0 Å². The summed E-state index contributed by atoms with van der Waals surface area (Å²) in [5.74, 6) is 0.632. The second kappa shape index (κ2) is 7.96. The zero-order chi connectivity index (χ0) is 16.1. The Morgan fingerprint density at radius 3 is 2.39 bits per heavy atom. The number of carbonyl (C=O) groups excluding carboxylic acids is 1. The molecule has 0 N–H and O–H groups in total. The zero-order valence-electron chi connectivity index (χ0n) is 14.5. The molecule has 0 saturated carbocycles. The molecular weight excluding hydrogens is 284 g/mol. The summed E-state index contributed by atoms with van der Waals surface area (Å²) in [7, 11) is 0. The summed E-state index contributed by atoms with van der Waals surface area (Å²) >= 11 is 0. The Balaban J connectivity index is 1.56. The van der Waals surface area contributed by atoms with E-state index in [1.807, 2.05) is 0 Å². The molecule has 2 heterocycles. The topological polar surface area (TPSA) is 23.6 Å². The van der Waals surface area contributed by atoms with Crippen molar-refractivity contribution in [1.82, 2.24) is 9.80 Å². The van der Waals surface area contributed by atoms with Crippen molar-refractivity contribution in [3.8, 4) is 0 Å². The largest absolute Gasteiger partial charge is 0.342 e. The average molecular weight is 314 g/mol. The van der Waals surface area contributed by atoms with Crippen LogP contribution >= 0.6 is 0 Å². The number of likely N-dealkylation sites (tertiary alicyclic amines) is 2. The molecule has 0 aliphatic carbocycles. The van der Waals surface area contributed by atoms with Gasteiger partial charge in [0.15, 0.2) is 0 Å². The number of benzene rings is 1. The normalized spacial score (nSPS) is 23.5. The SMILES string of the molecule is Cc1ccc(CN2CCCC(C(=O)N3CCCCCC3)C2)cc1. The van der Waals surface area contributed by atoms with E-state index in [4.69, 9.17) is 0 Å². The van der Waals surface area contributed by atoms with Gasteiger partial charge in [-0.15, -0.1) is 0 Å². The minimum absolute atomic E-state index is 0.215. The molecule has 2 fully saturated rings. The van der Waals surface area contributed by atoms with Crippen molar-refractivity contribution in [2.75, 3.05) is 26.2 Å². The molecule has 2 saturated heterocycles. The number of rotatable bonds is 3. The van der Waals surface area contributed by atoms with Crippen molar-refractivity contribution in [1.29, 1.82) is 0 Å². The molecule has 1 atom stereocenters. The third kappa shape index (κ3) is 4.57. The molecule has 1 aromatic rings. The Morgan fingerprint density at radius 1 is 1.00 bits per heavy atom. The molecule has 23 heavy (non-hydrogen) atoms. The molecule has 1 aromatic carbocycles. The fraction of sp³-hybridized carbons (Fsp3) is 0.650. The van der Waals surface area contributed by atoms with Gasteiger partial charge in [-0.05, 0) is 44.7 Å². The van der Waals surface area contributed by atoms with Gasteiger partial charge in [-0.25, -0.2) is 0 Å². The van der Waals surface area contributed by atoms with Crippen LogP contribution in [0.1, 0.15) is 49.7 Å². The van der Waals surface area contributed by atoms with E-state index in [1.165, 1.54) is 36.8 Å². The number of hydrogen-bond acceptors (Lipinski definition) is 2. The highest BCUT2D eigenvalue weighted by Gasteiger charge is 2.29. The summed E-state index contributed by atoms with van der Waals surface area (Å²) in [6, 6.07) is 8.80. The highest BCUT2D eigenvalue weighted by atomic mass is 16.2. The minimum atomic E-state index is 0.215. The van der Waals surface area contributed by atoms with Crippen LogP contribution in [0, 0.1) is 12.8 Å². The first kappa shape index (κ1) is 16.5. The monoisotopic (exact) mass is 314 g/mol. The lowest BCUT2D eigenvalue weighted by Crippen LogP contribution is -2.44. The van der Waals surface area contributed by atoms with Gasteiger partial charge in [0.05, 0.1) is 5.92 Å². The average Bonchev–Trinajstić information content (AvgIpc) is 2.86. The maximum Gasteiger partial charge on any atom is 0.226 e. The molecule has 126 valence electrons. The smallest absolute Gasteiger partial charge is 0.226 e. The third-order valence-electron chi connectivity index (χ3n) is 5.30. The van der Waals surface area contributed by atoms with E-state index in [0.717, 1.165) is 45.6 Å². The summed E-state index contributed by atoms with van der Waals surface area (Å²) in [6.45, 7) is 7.12. The Labute approximate surface area is 140 Å². The number of amides is 1. The van der Waals surface area contributed by atoms with Gasteiger partial charge in [0.25, 0.3) is 0 Å². The van der Waals surface area contributed by atoms with Crippen LogP contribution in [0.3, 0.4) is 0 Å². The third-order valence-corrected chi connectivity index (χ3v) is 5.30. The van der Waals surface area contributed by atoms with Crippen LogP contribution in [0.25, 0.3) is 0 Å². The van der Waals surface area contributed by atoms with Gasteiger partial charge in [0.2, 0.25) is 5.91 Å². The first-order valence-corrected chi connectivity index (χ1v) is 9.29. The summed E-state index contributed by atoms with van der Waals surface area (Å²) in [5, 5.41) is 0. The summed E-state index contributed by atoms with van der Waals surface area (Å²) in [4.78, 5) is 17.5. The highest BCUT2D eigenvalue weighted by molar-refractivity contribution is 5.79. The number of carbonyl (C=O) groups is 1. The summed E-state index contributed by atoms with van der Waals surface area (Å²) in [6.07, 6.45) is 7.16. The van der Waals surface area contributed by atoms with Gasteiger partial charge in [0.1, 0.15) is 0 Å². The van der Waals surface area contributed by atoms with Crippen molar-refractivity contribution >= 4 is 5.91 Å². The number of aryl methyl sites for hydroxylation is 1. The maximum atomic E-state index is 12.8. The highest BCUT2D eigenvalue weighted by Crippen LogP contribution is 2.22. The molecule has 3 heteroatoms. The van der Waals surface area contributed by atoms with Crippen LogP contribution in [0.15, 0.2) is 24.3 Å². The molecule has 0 bridgehead atoms. The molecular formula is C20H30N2O. The first-order chi connectivity index (χ1) is 11.2. The maximum absolute atomic E-state index is 12.8. The van der Waals surface area contributed by atoms with E-state index in [2.05, 4.69) is 41.0 Å². The lowest BCUT2D eigenvalue weighted by atomic mass is 9.96. The number of piperidine rings is 1. The van der Waals surface area contributed by atoms with E-state index >= 15 is 0 Å². The zero-order valence-corrected chi connectivity index (χ0v) is 14.5. The quantitative estimate of drug-likeness (QED) is 0.851. The molecule has 2 aliphatic rings. The van der Waals surface area contributed by atoms with Crippen LogP contribution < -0.4 is 0 Å². The van der Waals surface area contributed by atoms with Crippen LogP contribution in [0.4, 0.5) is 0 Å². The van der Waals surface area contributed by atoms with Gasteiger partial charge in [-0.3, -0.25) is 9.69 Å². The Kier molecular flexibility index (Phi) is 5.71. The summed E-state index contributed by atoms with van der Waals surface area (Å²) in [5.41, 5.74) is 2.67. The predicted octanol–water partition coefficient (Wildman–Crippen LogP) is 3.61. The van der Waals surface area contributed by atoms with Crippen molar-refractivity contribution in [3.05, 3.63) is 35.4 Å². The van der Waals surface area contributed by atoms with E-state index in [9.17, 15) is 4.79 Å². The Bertz CT molecular complexity index is 503. The van der Waals surface area contributed by atoms with Crippen LogP contribution in [-0.2, 0) is 11.3 Å². The standard InChI is InChI=1S/C20H30N2O/c1-17-8-10-18(11-9-17)15-21-12-6-7-19(16-21)20(23)22-13-4-2-3-5-14-22/h8-11,19H,2-7,12-16H2,1H3. The molecule has 2 aliphatic heterocycles. The van der Waals surface area contributed by atoms with Crippen LogP contribution in [0.5, 0.6) is 0 Å². The lowest BCUT2D eigenvalue weighted by molar-refractivity contribution is -0.137. The molecule has 0 radical (unpaired) electrons. The second-order valence-electron chi connectivity index (χ2n) is 7.30. The molecule has 3 nitrogen and oxygen atoms in total. The van der Waals surface area contributed by atoms with Gasteiger partial charge in [-0.1, -0.05) is 42.7 Å². The van der Waals surface area contributed by atoms with Gasteiger partial charge in [-0.2, -0.15) is 0 Å². The van der Waals surface area contributed by atoms with Crippen LogP contribution in [0.2, 0.25) is 0 Å². The molecule has 1 amide bonds. The predicted molar refractivity (Wildman–Crippen MR) is 94.2 cm³/mol. The molecule has 1 unspecified atom stereocenters. The molecule has 0 aromatic heterocycles. The fourth-order valence-corrected chi connectivity index (χ4v) is 3.90. The van der Waals surface area contributed by atoms with E-state index in [1.54, 1.807) is 0 Å². The Morgan fingerprint density at radius 2 is 1.70 bits per heavy atom. The second-order valence-corrected chi connectivity index (χ2v) is 7.30. The van der Waals surface area contributed by atoms with E-state index in [0.29, 0.717) is 5.91 Å². The van der Waals surface area contributed by atoms with Crippen molar-refractivity contribution in [2.24, 2.45) is 5.92 Å². The number of hydrogen-bond donors (Lipinski definition) is 0. The van der Waals surface area contributed by atoms with E-state index < -0.39 is 0 Å². The van der Waals surface area contributed by atoms with Crippen LogP contribution in [-0.4, -0.2) is 41.9 Å². The number of nitrogens with zero attached hydrogens (tertiary/aromatic N) is 2. The van der Waals surface area contributed by atoms with Crippen molar-refractivity contribution in [3.63, 3.8) is 0 Å². The van der Waals surface area contributed by atoms with Crippen molar-refractivity contribution < 1.29 is 4.79 Å². The van der Waals surface area contributed by atoms with Gasteiger partial charge >= 0.3 is 0 Å². The summed E-state index contributed by atoms with van der Waals surface area (Å²) < 4.78 is 0. The van der Waals surface area contributed by atoms with Gasteiger partial charge < -0.3 is 4.90 Å². The van der Waals surface area contributed by atoms with E-state index in [-0.39, 0.29) is 5.92 Å². The van der Waals surface area contributed by atoms with Gasteiger partial charge in [0, 0.05) is 26.2 Å². The Hall–Kier alpha value is -1.35.